The van der Waals surface area contributed by atoms with Gasteiger partial charge in [-0.25, -0.2) is 17.7 Å². The molecule has 2 aromatic carbocycles. The Morgan fingerprint density at radius 2 is 1.62 bits per heavy atom. The molecule has 3 aromatic rings. The van der Waals surface area contributed by atoms with E-state index < -0.39 is 10.0 Å². The SMILES string of the molecule is CN(C)S(=O)(=O)c1ccc(-c2sc(C(=O)N3CC4CC4C3)nc2-c2ccc(Cl)cc2)cc1. The third-order valence-corrected chi connectivity index (χ3v) is 9.26. The van der Waals surface area contributed by atoms with Crippen LogP contribution in [0.3, 0.4) is 0 Å². The monoisotopic (exact) mass is 487 g/mol. The van der Waals surface area contributed by atoms with Gasteiger partial charge in [0.2, 0.25) is 10.0 Å². The van der Waals surface area contributed by atoms with Gasteiger partial charge in [0.1, 0.15) is 0 Å². The first-order valence-corrected chi connectivity index (χ1v) is 13.0. The molecule has 1 saturated carbocycles. The number of hydrogen-bond donors (Lipinski definition) is 0. The van der Waals surface area contributed by atoms with E-state index in [9.17, 15) is 13.2 Å². The Hall–Kier alpha value is -2.26. The van der Waals surface area contributed by atoms with Crippen molar-refractivity contribution in [3.05, 3.63) is 58.6 Å². The number of thiazole rings is 1. The van der Waals surface area contributed by atoms with E-state index >= 15 is 0 Å². The smallest absolute Gasteiger partial charge is 0.282 e. The summed E-state index contributed by atoms with van der Waals surface area (Å²) < 4.78 is 26.0. The highest BCUT2D eigenvalue weighted by Crippen LogP contribution is 2.46. The molecule has 1 saturated heterocycles. The molecule has 2 heterocycles. The molecule has 2 fully saturated rings. The predicted molar refractivity (Wildman–Crippen MR) is 126 cm³/mol. The Kier molecular flexibility index (Phi) is 5.36. The summed E-state index contributed by atoms with van der Waals surface area (Å²) in [5, 5.41) is 1.08. The molecule has 9 heteroatoms. The number of fused-ring (bicyclic) bond motifs is 1. The van der Waals surface area contributed by atoms with Crippen LogP contribution in [0.2, 0.25) is 5.02 Å². The molecule has 6 nitrogen and oxygen atoms in total. The third kappa shape index (κ3) is 3.85. The van der Waals surface area contributed by atoms with Crippen molar-refractivity contribution >= 4 is 38.9 Å². The second kappa shape index (κ2) is 7.95. The maximum Gasteiger partial charge on any atom is 0.282 e. The summed E-state index contributed by atoms with van der Waals surface area (Å²) in [5.41, 5.74) is 2.37. The number of amides is 1. The summed E-state index contributed by atoms with van der Waals surface area (Å²) in [4.78, 5) is 20.8. The van der Waals surface area contributed by atoms with Crippen molar-refractivity contribution in [3.8, 4) is 21.7 Å². The zero-order valence-corrected chi connectivity index (χ0v) is 20.0. The minimum Gasteiger partial charge on any atom is -0.336 e. The molecule has 2 aliphatic rings. The number of carbonyl (C=O) groups is 1. The van der Waals surface area contributed by atoms with E-state index in [4.69, 9.17) is 16.6 Å². The van der Waals surface area contributed by atoms with Crippen molar-refractivity contribution in [1.82, 2.24) is 14.2 Å². The number of likely N-dealkylation sites (tertiary alicyclic amines) is 1. The van der Waals surface area contributed by atoms with Gasteiger partial charge < -0.3 is 4.90 Å². The summed E-state index contributed by atoms with van der Waals surface area (Å²) in [7, 11) is -0.507. The van der Waals surface area contributed by atoms with Crippen LogP contribution in [-0.4, -0.2) is 55.7 Å². The highest BCUT2D eigenvalue weighted by atomic mass is 35.5. The Morgan fingerprint density at radius 3 is 2.22 bits per heavy atom. The van der Waals surface area contributed by atoms with Gasteiger partial charge >= 0.3 is 0 Å². The van der Waals surface area contributed by atoms with E-state index in [2.05, 4.69) is 0 Å². The first kappa shape index (κ1) is 21.6. The lowest BCUT2D eigenvalue weighted by molar-refractivity contribution is 0.0775. The van der Waals surface area contributed by atoms with E-state index in [0.29, 0.717) is 27.6 Å². The quantitative estimate of drug-likeness (QED) is 0.532. The number of hydrogen-bond acceptors (Lipinski definition) is 5. The molecule has 1 aromatic heterocycles. The molecule has 0 bridgehead atoms. The van der Waals surface area contributed by atoms with Gasteiger partial charge in [0.25, 0.3) is 5.91 Å². The van der Waals surface area contributed by atoms with Crippen molar-refractivity contribution in [3.63, 3.8) is 0 Å². The first-order valence-electron chi connectivity index (χ1n) is 10.3. The lowest BCUT2D eigenvalue weighted by atomic mass is 10.1. The van der Waals surface area contributed by atoms with Gasteiger partial charge in [-0.05, 0) is 48.1 Å². The third-order valence-electron chi connectivity index (χ3n) is 6.09. The van der Waals surface area contributed by atoms with Gasteiger partial charge in [-0.15, -0.1) is 11.3 Å². The van der Waals surface area contributed by atoms with Crippen LogP contribution in [-0.2, 0) is 10.0 Å². The number of rotatable bonds is 5. The molecule has 2 atom stereocenters. The highest BCUT2D eigenvalue weighted by molar-refractivity contribution is 7.89. The number of halogens is 1. The fourth-order valence-corrected chi connectivity index (χ4v) is 6.19. The molecule has 32 heavy (non-hydrogen) atoms. The number of aromatic nitrogens is 1. The number of sulfonamides is 1. The molecule has 0 N–H and O–H groups in total. The van der Waals surface area contributed by atoms with Gasteiger partial charge in [-0.3, -0.25) is 4.79 Å². The van der Waals surface area contributed by atoms with Crippen LogP contribution in [0.25, 0.3) is 21.7 Å². The summed E-state index contributed by atoms with van der Waals surface area (Å²) in [6.07, 6.45) is 1.23. The average Bonchev–Trinajstić information content (AvgIpc) is 3.19. The largest absolute Gasteiger partial charge is 0.336 e. The highest BCUT2D eigenvalue weighted by Gasteiger charge is 2.47. The topological polar surface area (TPSA) is 70.6 Å². The summed E-state index contributed by atoms with van der Waals surface area (Å²) >= 11 is 7.41. The van der Waals surface area contributed by atoms with Crippen LogP contribution < -0.4 is 0 Å². The number of carbonyl (C=O) groups excluding carboxylic acids is 1. The molecule has 0 radical (unpaired) electrons. The van der Waals surface area contributed by atoms with E-state index in [0.717, 1.165) is 29.1 Å². The predicted octanol–water partition coefficient (Wildman–Crippen LogP) is 4.47. The Balaban J connectivity index is 1.54. The van der Waals surface area contributed by atoms with Gasteiger partial charge in [0.15, 0.2) is 5.01 Å². The molecule has 0 spiro atoms. The second-order valence-corrected chi connectivity index (χ2v) is 12.1. The van der Waals surface area contributed by atoms with Crippen molar-refractivity contribution < 1.29 is 13.2 Å². The maximum absolute atomic E-state index is 13.1. The zero-order chi connectivity index (χ0) is 22.6. The van der Waals surface area contributed by atoms with E-state index in [1.807, 2.05) is 17.0 Å². The molecule has 5 rings (SSSR count). The second-order valence-electron chi connectivity index (χ2n) is 8.48. The number of nitrogens with zero attached hydrogens (tertiary/aromatic N) is 3. The summed E-state index contributed by atoms with van der Waals surface area (Å²) in [5.74, 6) is 1.27. The van der Waals surface area contributed by atoms with Crippen molar-refractivity contribution in [2.75, 3.05) is 27.2 Å². The van der Waals surface area contributed by atoms with E-state index in [1.165, 1.54) is 36.2 Å². The van der Waals surface area contributed by atoms with Crippen LogP contribution in [0.15, 0.2) is 53.4 Å². The van der Waals surface area contributed by atoms with Gasteiger partial charge in [-0.1, -0.05) is 35.9 Å². The van der Waals surface area contributed by atoms with Crippen molar-refractivity contribution in [1.29, 1.82) is 0 Å². The first-order chi connectivity index (χ1) is 15.2. The lowest BCUT2D eigenvalue weighted by Crippen LogP contribution is -2.30. The Bertz CT molecular complexity index is 1280. The minimum absolute atomic E-state index is 0.0320. The zero-order valence-electron chi connectivity index (χ0n) is 17.7. The fourth-order valence-electron chi connectivity index (χ4n) is 4.10. The Morgan fingerprint density at radius 1 is 1.03 bits per heavy atom. The maximum atomic E-state index is 13.1. The van der Waals surface area contributed by atoms with Crippen LogP contribution in [0, 0.1) is 11.8 Å². The van der Waals surface area contributed by atoms with Crippen LogP contribution >= 0.6 is 22.9 Å². The molecular weight excluding hydrogens is 466 g/mol. The average molecular weight is 488 g/mol. The fraction of sp³-hybridized carbons (Fsp3) is 0.304. The molecular formula is C23H22ClN3O3S2. The summed E-state index contributed by atoms with van der Waals surface area (Å²) in [6, 6.07) is 14.1. The van der Waals surface area contributed by atoms with Crippen molar-refractivity contribution in [2.24, 2.45) is 11.8 Å². The molecule has 1 aliphatic heterocycles. The number of benzene rings is 2. The van der Waals surface area contributed by atoms with Gasteiger partial charge in [0, 0.05) is 37.8 Å². The standard InChI is InChI=1S/C23H22ClN3O3S2/c1-26(2)32(29,30)19-9-5-15(6-10-19)21-20(14-3-7-18(24)8-4-14)25-22(31-21)23(28)27-12-16-11-17(16)13-27/h3-10,16-17H,11-13H2,1-2H3. The van der Waals surface area contributed by atoms with Crippen LogP contribution in [0.4, 0.5) is 0 Å². The normalized spacial score (nSPS) is 19.9. The van der Waals surface area contributed by atoms with E-state index in [-0.39, 0.29) is 10.8 Å². The molecule has 166 valence electrons. The number of piperidine rings is 1. The Labute approximate surface area is 196 Å². The van der Waals surface area contributed by atoms with Crippen LogP contribution in [0.5, 0.6) is 0 Å². The van der Waals surface area contributed by atoms with Gasteiger partial charge in [-0.2, -0.15) is 0 Å². The molecule has 1 aliphatic carbocycles. The molecule has 2 unspecified atom stereocenters. The lowest BCUT2D eigenvalue weighted by Gasteiger charge is -2.15. The van der Waals surface area contributed by atoms with E-state index in [1.54, 1.807) is 36.4 Å². The van der Waals surface area contributed by atoms with Crippen molar-refractivity contribution in [2.45, 2.75) is 11.3 Å². The van der Waals surface area contributed by atoms with Gasteiger partial charge in [0.05, 0.1) is 15.5 Å². The summed E-state index contributed by atoms with van der Waals surface area (Å²) in [6.45, 7) is 1.62. The minimum atomic E-state index is -3.52. The molecule has 1 amide bonds. The van der Waals surface area contributed by atoms with Crippen LogP contribution in [0.1, 0.15) is 16.2 Å².